The first-order chi connectivity index (χ1) is 7.59. The van der Waals surface area contributed by atoms with Crippen molar-refractivity contribution in [2.75, 3.05) is 19.6 Å². The fourth-order valence-corrected chi connectivity index (χ4v) is 2.81. The van der Waals surface area contributed by atoms with Gasteiger partial charge in [0.25, 0.3) is 0 Å². The van der Waals surface area contributed by atoms with Crippen LogP contribution in [0.5, 0.6) is 0 Å². The van der Waals surface area contributed by atoms with Gasteiger partial charge in [-0.25, -0.2) is 0 Å². The molecule has 0 aromatic heterocycles. The van der Waals surface area contributed by atoms with E-state index in [1.165, 1.54) is 0 Å². The number of amides is 1. The van der Waals surface area contributed by atoms with E-state index >= 15 is 0 Å². The lowest BCUT2D eigenvalue weighted by Gasteiger charge is -2.41. The SMILES string of the molecule is CC(O)C1CCN(C(=O)C2(CN)CCC2)C1. The molecule has 4 heteroatoms. The maximum absolute atomic E-state index is 12.3. The highest BCUT2D eigenvalue weighted by Crippen LogP contribution is 2.42. The molecule has 1 aliphatic carbocycles. The van der Waals surface area contributed by atoms with Gasteiger partial charge in [-0.3, -0.25) is 4.79 Å². The quantitative estimate of drug-likeness (QED) is 0.729. The van der Waals surface area contributed by atoms with Gasteiger partial charge in [0.15, 0.2) is 0 Å². The van der Waals surface area contributed by atoms with Crippen molar-refractivity contribution < 1.29 is 9.90 Å². The summed E-state index contributed by atoms with van der Waals surface area (Å²) in [6, 6.07) is 0. The number of hydrogen-bond donors (Lipinski definition) is 2. The molecule has 3 N–H and O–H groups in total. The number of carbonyl (C=O) groups excluding carboxylic acids is 1. The molecule has 1 amide bonds. The Morgan fingerprint density at radius 2 is 2.31 bits per heavy atom. The van der Waals surface area contributed by atoms with E-state index in [4.69, 9.17) is 5.73 Å². The Morgan fingerprint density at radius 1 is 1.62 bits per heavy atom. The topological polar surface area (TPSA) is 66.6 Å². The molecule has 4 nitrogen and oxygen atoms in total. The first-order valence-corrected chi connectivity index (χ1v) is 6.26. The summed E-state index contributed by atoms with van der Waals surface area (Å²) in [4.78, 5) is 14.2. The third-order valence-electron chi connectivity index (χ3n) is 4.35. The molecule has 2 aliphatic rings. The van der Waals surface area contributed by atoms with E-state index in [0.29, 0.717) is 13.1 Å². The third kappa shape index (κ3) is 1.84. The van der Waals surface area contributed by atoms with Crippen LogP contribution < -0.4 is 5.73 Å². The van der Waals surface area contributed by atoms with Gasteiger partial charge >= 0.3 is 0 Å². The third-order valence-corrected chi connectivity index (χ3v) is 4.35. The average molecular weight is 226 g/mol. The summed E-state index contributed by atoms with van der Waals surface area (Å²) < 4.78 is 0. The zero-order valence-electron chi connectivity index (χ0n) is 9.98. The van der Waals surface area contributed by atoms with Crippen LogP contribution in [0.15, 0.2) is 0 Å². The van der Waals surface area contributed by atoms with Gasteiger partial charge in [-0.15, -0.1) is 0 Å². The molecule has 0 radical (unpaired) electrons. The van der Waals surface area contributed by atoms with Crippen LogP contribution in [0.3, 0.4) is 0 Å². The van der Waals surface area contributed by atoms with E-state index in [2.05, 4.69) is 0 Å². The molecule has 0 aromatic rings. The fraction of sp³-hybridized carbons (Fsp3) is 0.917. The lowest BCUT2D eigenvalue weighted by atomic mass is 9.68. The monoisotopic (exact) mass is 226 g/mol. The van der Waals surface area contributed by atoms with Gasteiger partial charge in [0.1, 0.15) is 0 Å². The van der Waals surface area contributed by atoms with Crippen LogP contribution in [-0.4, -0.2) is 41.7 Å². The van der Waals surface area contributed by atoms with Gasteiger partial charge in [-0.2, -0.15) is 0 Å². The van der Waals surface area contributed by atoms with Crippen molar-refractivity contribution in [3.63, 3.8) is 0 Å². The zero-order valence-corrected chi connectivity index (χ0v) is 9.98. The summed E-state index contributed by atoms with van der Waals surface area (Å²) in [5.41, 5.74) is 5.48. The standard InChI is InChI=1S/C12H22N2O2/c1-9(15)10-3-6-14(7-10)11(16)12(8-13)4-2-5-12/h9-10,15H,2-8,13H2,1H3. The normalized spacial score (nSPS) is 29.9. The largest absolute Gasteiger partial charge is 0.393 e. The Balaban J connectivity index is 1.96. The second-order valence-corrected chi connectivity index (χ2v) is 5.38. The van der Waals surface area contributed by atoms with Gasteiger partial charge < -0.3 is 15.7 Å². The van der Waals surface area contributed by atoms with Crippen LogP contribution in [0.2, 0.25) is 0 Å². The first kappa shape index (κ1) is 11.9. The highest BCUT2D eigenvalue weighted by atomic mass is 16.3. The van der Waals surface area contributed by atoms with Crippen molar-refractivity contribution in [2.24, 2.45) is 17.1 Å². The minimum Gasteiger partial charge on any atom is -0.393 e. The molecule has 2 rings (SSSR count). The van der Waals surface area contributed by atoms with Crippen LogP contribution in [0.4, 0.5) is 0 Å². The minimum absolute atomic E-state index is 0.226. The van der Waals surface area contributed by atoms with E-state index in [-0.39, 0.29) is 23.3 Å². The smallest absolute Gasteiger partial charge is 0.230 e. The second-order valence-electron chi connectivity index (χ2n) is 5.38. The molecule has 0 spiro atoms. The van der Waals surface area contributed by atoms with E-state index in [9.17, 15) is 9.90 Å². The summed E-state index contributed by atoms with van der Waals surface area (Å²) in [7, 11) is 0. The molecule has 0 bridgehead atoms. The minimum atomic E-state index is -0.312. The predicted molar refractivity (Wildman–Crippen MR) is 61.7 cm³/mol. The summed E-state index contributed by atoms with van der Waals surface area (Å²) >= 11 is 0. The molecule has 0 aromatic carbocycles. The Kier molecular flexibility index (Phi) is 3.22. The second kappa shape index (κ2) is 4.34. The molecule has 92 valence electrons. The number of likely N-dealkylation sites (tertiary alicyclic amines) is 1. The van der Waals surface area contributed by atoms with E-state index in [1.807, 2.05) is 4.90 Å². The van der Waals surface area contributed by atoms with E-state index in [0.717, 1.165) is 32.2 Å². The van der Waals surface area contributed by atoms with Crippen molar-refractivity contribution in [1.29, 1.82) is 0 Å². The highest BCUT2D eigenvalue weighted by molar-refractivity contribution is 5.84. The van der Waals surface area contributed by atoms with Gasteiger partial charge in [0, 0.05) is 25.6 Å². The van der Waals surface area contributed by atoms with E-state index in [1.54, 1.807) is 6.92 Å². The van der Waals surface area contributed by atoms with Crippen LogP contribution >= 0.6 is 0 Å². The number of nitrogens with zero attached hydrogens (tertiary/aromatic N) is 1. The molecule has 1 heterocycles. The van der Waals surface area contributed by atoms with Crippen molar-refractivity contribution >= 4 is 5.91 Å². The molecule has 1 saturated heterocycles. The lowest BCUT2D eigenvalue weighted by Crippen LogP contribution is -2.51. The first-order valence-electron chi connectivity index (χ1n) is 6.26. The maximum Gasteiger partial charge on any atom is 0.230 e. The van der Waals surface area contributed by atoms with Crippen molar-refractivity contribution in [3.8, 4) is 0 Å². The number of aliphatic hydroxyl groups excluding tert-OH is 1. The summed E-state index contributed by atoms with van der Waals surface area (Å²) in [5.74, 6) is 0.475. The Hall–Kier alpha value is -0.610. The predicted octanol–water partition coefficient (Wildman–Crippen LogP) is 0.345. The Labute approximate surface area is 96.8 Å². The van der Waals surface area contributed by atoms with Crippen molar-refractivity contribution in [3.05, 3.63) is 0 Å². The Morgan fingerprint density at radius 3 is 2.69 bits per heavy atom. The molecule has 2 unspecified atom stereocenters. The number of aliphatic hydroxyl groups is 1. The number of hydrogen-bond acceptors (Lipinski definition) is 3. The number of carbonyl (C=O) groups is 1. The summed E-state index contributed by atoms with van der Waals surface area (Å²) in [6.45, 7) is 3.77. The van der Waals surface area contributed by atoms with Crippen molar-refractivity contribution in [1.82, 2.24) is 4.90 Å². The molecule has 2 atom stereocenters. The molecule has 2 fully saturated rings. The number of nitrogens with two attached hydrogens (primary N) is 1. The van der Waals surface area contributed by atoms with Gasteiger partial charge in [-0.1, -0.05) is 6.42 Å². The van der Waals surface area contributed by atoms with Crippen LogP contribution in [0.25, 0.3) is 0 Å². The molecular formula is C12H22N2O2. The summed E-state index contributed by atoms with van der Waals surface area (Å²) in [5, 5.41) is 9.52. The molecule has 16 heavy (non-hydrogen) atoms. The van der Waals surface area contributed by atoms with Crippen molar-refractivity contribution in [2.45, 2.75) is 38.7 Å². The molecule has 1 saturated carbocycles. The molecular weight excluding hydrogens is 204 g/mol. The molecule has 1 aliphatic heterocycles. The summed E-state index contributed by atoms with van der Waals surface area (Å²) in [6.07, 6.45) is 3.62. The lowest BCUT2D eigenvalue weighted by molar-refractivity contribution is -0.145. The van der Waals surface area contributed by atoms with E-state index < -0.39 is 0 Å². The van der Waals surface area contributed by atoms with Gasteiger partial charge in [-0.05, 0) is 26.2 Å². The van der Waals surface area contributed by atoms with Gasteiger partial charge in [0.2, 0.25) is 5.91 Å². The number of rotatable bonds is 3. The highest BCUT2D eigenvalue weighted by Gasteiger charge is 2.46. The van der Waals surface area contributed by atoms with Crippen LogP contribution in [-0.2, 0) is 4.79 Å². The maximum atomic E-state index is 12.3. The fourth-order valence-electron chi connectivity index (χ4n) is 2.81. The van der Waals surface area contributed by atoms with Crippen LogP contribution in [0.1, 0.15) is 32.6 Å². The Bertz CT molecular complexity index is 269. The van der Waals surface area contributed by atoms with Gasteiger partial charge in [0.05, 0.1) is 11.5 Å². The average Bonchev–Trinajstić information content (AvgIpc) is 2.65. The zero-order chi connectivity index (χ0) is 11.8. The van der Waals surface area contributed by atoms with Crippen LogP contribution in [0, 0.1) is 11.3 Å².